The zero-order valence-electron chi connectivity index (χ0n) is 10.7. The number of thiophene rings is 1. The number of fused-ring (bicyclic) bond motifs is 1. The molecule has 0 saturated heterocycles. The number of hydrogen-bond acceptors (Lipinski definition) is 5. The lowest BCUT2D eigenvalue weighted by atomic mass is 10.2. The number of hydrogen-bond donors (Lipinski definition) is 2. The predicted octanol–water partition coefficient (Wildman–Crippen LogP) is 1.99. The number of nitrogens with zero attached hydrogens (tertiary/aromatic N) is 2. The zero-order chi connectivity index (χ0) is 13.9. The summed E-state index contributed by atoms with van der Waals surface area (Å²) in [6, 6.07) is 11.3. The minimum absolute atomic E-state index is 0.0693. The van der Waals surface area contributed by atoms with Gasteiger partial charge in [-0.1, -0.05) is 18.2 Å². The summed E-state index contributed by atoms with van der Waals surface area (Å²) in [6.45, 7) is 0.552. The van der Waals surface area contributed by atoms with E-state index in [1.54, 1.807) is 28.0 Å². The third-order valence-electron chi connectivity index (χ3n) is 3.15. The standard InChI is InChI=1S/C14H14N4OS/c15-17-14-16-12-6-2-1-5-11(12)13(19)18(14)8-7-10-4-3-9-20-10/h1-6,9H,7-8,15H2,(H,16,17). The number of nitrogens with one attached hydrogen (secondary N) is 1. The molecule has 5 nitrogen and oxygen atoms in total. The van der Waals surface area contributed by atoms with Gasteiger partial charge in [0.15, 0.2) is 0 Å². The van der Waals surface area contributed by atoms with E-state index in [1.165, 1.54) is 4.88 Å². The SMILES string of the molecule is NNc1nc2ccccc2c(=O)n1CCc1cccs1. The average molecular weight is 286 g/mol. The number of benzene rings is 1. The molecule has 0 fully saturated rings. The van der Waals surface area contributed by atoms with E-state index in [1.807, 2.05) is 23.6 Å². The molecular formula is C14H14N4OS. The fraction of sp³-hybridized carbons (Fsp3) is 0.143. The molecule has 0 radical (unpaired) electrons. The average Bonchev–Trinajstić information content (AvgIpc) is 2.99. The Morgan fingerprint density at radius 3 is 2.85 bits per heavy atom. The molecule has 0 aliphatic carbocycles. The number of nitrogens with two attached hydrogens (primary N) is 1. The molecule has 3 N–H and O–H groups in total. The first-order chi connectivity index (χ1) is 9.79. The Kier molecular flexibility index (Phi) is 3.49. The van der Waals surface area contributed by atoms with E-state index in [4.69, 9.17) is 5.84 Å². The van der Waals surface area contributed by atoms with Gasteiger partial charge in [-0.15, -0.1) is 11.3 Å². The lowest BCUT2D eigenvalue weighted by Gasteiger charge is -2.12. The highest BCUT2D eigenvalue weighted by molar-refractivity contribution is 7.09. The van der Waals surface area contributed by atoms with Crippen molar-refractivity contribution in [1.29, 1.82) is 0 Å². The number of hydrazine groups is 1. The number of aryl methyl sites for hydroxylation is 1. The molecule has 3 rings (SSSR count). The third kappa shape index (κ3) is 2.31. The van der Waals surface area contributed by atoms with Gasteiger partial charge in [-0.25, -0.2) is 10.8 Å². The number of anilines is 1. The molecule has 0 saturated carbocycles. The second kappa shape index (κ2) is 5.44. The highest BCUT2D eigenvalue weighted by Gasteiger charge is 2.09. The molecule has 20 heavy (non-hydrogen) atoms. The summed E-state index contributed by atoms with van der Waals surface area (Å²) < 4.78 is 1.59. The van der Waals surface area contributed by atoms with Crippen molar-refractivity contribution in [2.45, 2.75) is 13.0 Å². The Balaban J connectivity index is 2.04. The Hall–Kier alpha value is -2.18. The van der Waals surface area contributed by atoms with Gasteiger partial charge in [-0.3, -0.25) is 14.8 Å². The van der Waals surface area contributed by atoms with Gasteiger partial charge >= 0.3 is 0 Å². The van der Waals surface area contributed by atoms with Gasteiger partial charge in [0.05, 0.1) is 10.9 Å². The molecule has 102 valence electrons. The van der Waals surface area contributed by atoms with Crippen molar-refractivity contribution in [3.05, 3.63) is 57.0 Å². The van der Waals surface area contributed by atoms with Crippen LogP contribution in [0.15, 0.2) is 46.6 Å². The van der Waals surface area contributed by atoms with Crippen LogP contribution in [0.3, 0.4) is 0 Å². The maximum atomic E-state index is 12.5. The van der Waals surface area contributed by atoms with Crippen LogP contribution >= 0.6 is 11.3 Å². The molecule has 0 spiro atoms. The predicted molar refractivity (Wildman–Crippen MR) is 81.8 cm³/mol. The molecule has 2 heterocycles. The second-order valence-corrected chi connectivity index (χ2v) is 5.42. The maximum absolute atomic E-state index is 12.5. The van der Waals surface area contributed by atoms with Crippen LogP contribution in [0, 0.1) is 0 Å². The van der Waals surface area contributed by atoms with Crippen LogP contribution in [0.5, 0.6) is 0 Å². The molecule has 2 aromatic heterocycles. The summed E-state index contributed by atoms with van der Waals surface area (Å²) in [6.07, 6.45) is 0.784. The molecule has 0 aliphatic rings. The second-order valence-electron chi connectivity index (χ2n) is 4.38. The van der Waals surface area contributed by atoms with Gasteiger partial charge in [-0.2, -0.15) is 0 Å². The lowest BCUT2D eigenvalue weighted by molar-refractivity contribution is 0.674. The first-order valence-corrected chi connectivity index (χ1v) is 7.16. The largest absolute Gasteiger partial charge is 0.294 e. The molecule has 0 atom stereocenters. The smallest absolute Gasteiger partial charge is 0.262 e. The summed E-state index contributed by atoms with van der Waals surface area (Å²) >= 11 is 1.68. The van der Waals surface area contributed by atoms with Gasteiger partial charge < -0.3 is 0 Å². The van der Waals surface area contributed by atoms with Crippen LogP contribution in [0.25, 0.3) is 10.9 Å². The number of nitrogen functional groups attached to an aromatic ring is 1. The van der Waals surface area contributed by atoms with Crippen molar-refractivity contribution in [2.24, 2.45) is 5.84 Å². The maximum Gasteiger partial charge on any atom is 0.262 e. The van der Waals surface area contributed by atoms with E-state index in [0.717, 1.165) is 6.42 Å². The van der Waals surface area contributed by atoms with Crippen LogP contribution in [-0.2, 0) is 13.0 Å². The Morgan fingerprint density at radius 2 is 2.10 bits per heavy atom. The summed E-state index contributed by atoms with van der Waals surface area (Å²) in [4.78, 5) is 18.1. The monoisotopic (exact) mass is 286 g/mol. The van der Waals surface area contributed by atoms with E-state index in [9.17, 15) is 4.79 Å². The van der Waals surface area contributed by atoms with Crippen molar-refractivity contribution in [2.75, 3.05) is 5.43 Å². The van der Waals surface area contributed by atoms with E-state index < -0.39 is 0 Å². The first kappa shape index (κ1) is 12.8. The van der Waals surface area contributed by atoms with Crippen LogP contribution in [0.2, 0.25) is 0 Å². The first-order valence-electron chi connectivity index (χ1n) is 6.28. The minimum Gasteiger partial charge on any atom is -0.294 e. The number of aromatic nitrogens is 2. The van der Waals surface area contributed by atoms with E-state index in [2.05, 4.69) is 16.5 Å². The van der Waals surface area contributed by atoms with Crippen LogP contribution in [0.4, 0.5) is 5.95 Å². The minimum atomic E-state index is -0.0693. The van der Waals surface area contributed by atoms with Crippen molar-refractivity contribution in [1.82, 2.24) is 9.55 Å². The molecule has 1 aromatic carbocycles. The lowest BCUT2D eigenvalue weighted by Crippen LogP contribution is -2.27. The fourth-order valence-corrected chi connectivity index (χ4v) is 2.86. The van der Waals surface area contributed by atoms with Gasteiger partial charge in [-0.05, 0) is 30.0 Å². The molecule has 0 bridgehead atoms. The van der Waals surface area contributed by atoms with Crippen molar-refractivity contribution in [3.8, 4) is 0 Å². The van der Waals surface area contributed by atoms with E-state index in [-0.39, 0.29) is 5.56 Å². The Labute approximate surface area is 119 Å². The van der Waals surface area contributed by atoms with Gasteiger partial charge in [0.25, 0.3) is 5.56 Å². The third-order valence-corrected chi connectivity index (χ3v) is 4.09. The molecule has 6 heteroatoms. The summed E-state index contributed by atoms with van der Waals surface area (Å²) in [5.41, 5.74) is 3.10. The molecule has 0 aliphatic heterocycles. The van der Waals surface area contributed by atoms with Crippen LogP contribution in [0.1, 0.15) is 4.88 Å². The van der Waals surface area contributed by atoms with Crippen molar-refractivity contribution in [3.63, 3.8) is 0 Å². The topological polar surface area (TPSA) is 72.9 Å². The van der Waals surface area contributed by atoms with E-state index in [0.29, 0.717) is 23.4 Å². The van der Waals surface area contributed by atoms with Gasteiger partial charge in [0.1, 0.15) is 0 Å². The molecule has 3 aromatic rings. The summed E-state index contributed by atoms with van der Waals surface area (Å²) in [5.74, 6) is 5.88. The molecule has 0 unspecified atom stereocenters. The van der Waals surface area contributed by atoms with Crippen molar-refractivity contribution >= 4 is 28.2 Å². The summed E-state index contributed by atoms with van der Waals surface area (Å²) in [5, 5.41) is 2.64. The number of rotatable bonds is 4. The Morgan fingerprint density at radius 1 is 1.25 bits per heavy atom. The van der Waals surface area contributed by atoms with Crippen LogP contribution < -0.4 is 16.8 Å². The quantitative estimate of drug-likeness (QED) is 0.568. The van der Waals surface area contributed by atoms with Crippen LogP contribution in [-0.4, -0.2) is 9.55 Å². The van der Waals surface area contributed by atoms with Gasteiger partial charge in [0, 0.05) is 11.4 Å². The zero-order valence-corrected chi connectivity index (χ0v) is 11.6. The molecule has 0 amide bonds. The summed E-state index contributed by atoms with van der Waals surface area (Å²) in [7, 11) is 0. The van der Waals surface area contributed by atoms with Gasteiger partial charge in [0.2, 0.25) is 5.95 Å². The fourth-order valence-electron chi connectivity index (χ4n) is 2.16. The highest BCUT2D eigenvalue weighted by Crippen LogP contribution is 2.13. The van der Waals surface area contributed by atoms with Crippen molar-refractivity contribution < 1.29 is 0 Å². The molecular weight excluding hydrogens is 272 g/mol. The van der Waals surface area contributed by atoms with E-state index >= 15 is 0 Å². The normalized spacial score (nSPS) is 10.8. The highest BCUT2D eigenvalue weighted by atomic mass is 32.1. The Bertz CT molecular complexity index is 779. The number of para-hydroxylation sites is 1.